The number of benzene rings is 2. The molecule has 0 spiro atoms. The van der Waals surface area contributed by atoms with E-state index in [-0.39, 0.29) is 12.5 Å². The molecule has 5 nitrogen and oxygen atoms in total. The summed E-state index contributed by atoms with van der Waals surface area (Å²) in [5, 5.41) is 3.93. The van der Waals surface area contributed by atoms with Crippen LogP contribution in [0.25, 0.3) is 0 Å². The molecule has 0 aliphatic carbocycles. The predicted molar refractivity (Wildman–Crippen MR) is 99.3 cm³/mol. The highest BCUT2D eigenvalue weighted by Crippen LogP contribution is 2.12. The van der Waals surface area contributed by atoms with Gasteiger partial charge in [0, 0.05) is 0 Å². The van der Waals surface area contributed by atoms with Gasteiger partial charge in [0.1, 0.15) is 11.5 Å². The average Bonchev–Trinajstić information content (AvgIpc) is 2.63. The number of carbonyl (C=O) groups excluding carboxylic acids is 1. The van der Waals surface area contributed by atoms with Crippen LogP contribution in [0.4, 0.5) is 0 Å². The third kappa shape index (κ3) is 7.08. The zero-order valence-electron chi connectivity index (χ0n) is 14.7. The van der Waals surface area contributed by atoms with E-state index in [1.54, 1.807) is 6.21 Å². The molecule has 25 heavy (non-hydrogen) atoms. The van der Waals surface area contributed by atoms with Gasteiger partial charge in [-0.2, -0.15) is 5.10 Å². The van der Waals surface area contributed by atoms with E-state index in [0.717, 1.165) is 36.3 Å². The monoisotopic (exact) mass is 340 g/mol. The summed E-state index contributed by atoms with van der Waals surface area (Å²) >= 11 is 0. The Balaban J connectivity index is 1.72. The molecule has 5 heteroatoms. The van der Waals surface area contributed by atoms with Crippen molar-refractivity contribution in [2.24, 2.45) is 5.10 Å². The van der Waals surface area contributed by atoms with Crippen molar-refractivity contribution in [2.75, 3.05) is 13.2 Å². The van der Waals surface area contributed by atoms with Crippen LogP contribution in [0.2, 0.25) is 0 Å². The molecule has 0 bridgehead atoms. The summed E-state index contributed by atoms with van der Waals surface area (Å²) in [6.07, 6.45) is 3.73. The highest BCUT2D eigenvalue weighted by molar-refractivity contribution is 5.83. The minimum absolute atomic E-state index is 0.0788. The smallest absolute Gasteiger partial charge is 0.277 e. The van der Waals surface area contributed by atoms with Crippen molar-refractivity contribution >= 4 is 12.1 Å². The van der Waals surface area contributed by atoms with Gasteiger partial charge in [0.2, 0.25) is 0 Å². The molecule has 2 aromatic carbocycles. The van der Waals surface area contributed by atoms with Crippen LogP contribution in [-0.4, -0.2) is 25.3 Å². The number of hydrogen-bond acceptors (Lipinski definition) is 4. The van der Waals surface area contributed by atoms with E-state index in [4.69, 9.17) is 9.47 Å². The number of nitrogens with one attached hydrogen (secondary N) is 1. The minimum atomic E-state index is -0.309. The fourth-order valence-corrected chi connectivity index (χ4v) is 1.98. The first-order valence-electron chi connectivity index (χ1n) is 8.41. The van der Waals surface area contributed by atoms with Crippen LogP contribution in [0.5, 0.6) is 11.5 Å². The van der Waals surface area contributed by atoms with Gasteiger partial charge in [-0.15, -0.1) is 0 Å². The summed E-state index contributed by atoms with van der Waals surface area (Å²) in [5.41, 5.74) is 4.46. The van der Waals surface area contributed by atoms with Crippen molar-refractivity contribution in [1.82, 2.24) is 5.43 Å². The van der Waals surface area contributed by atoms with Crippen LogP contribution in [0, 0.1) is 6.92 Å². The lowest BCUT2D eigenvalue weighted by Gasteiger charge is -2.05. The van der Waals surface area contributed by atoms with Crippen LogP contribution in [0.15, 0.2) is 53.6 Å². The van der Waals surface area contributed by atoms with Gasteiger partial charge >= 0.3 is 0 Å². The van der Waals surface area contributed by atoms with Crippen molar-refractivity contribution in [3.63, 3.8) is 0 Å². The standard InChI is InChI=1S/C20H24N2O3/c1-3-4-13-24-18-11-7-17(8-12-18)14-21-22-20(23)15-25-19-9-5-16(2)6-10-19/h5-12,14H,3-4,13,15H2,1-2H3,(H,22,23). The minimum Gasteiger partial charge on any atom is -0.494 e. The van der Waals surface area contributed by atoms with E-state index in [9.17, 15) is 4.79 Å². The molecule has 2 rings (SSSR count). The number of hydrazone groups is 1. The van der Waals surface area contributed by atoms with Gasteiger partial charge in [-0.25, -0.2) is 5.43 Å². The predicted octanol–water partition coefficient (Wildman–Crippen LogP) is 3.70. The summed E-state index contributed by atoms with van der Waals surface area (Å²) in [5.74, 6) is 1.18. The van der Waals surface area contributed by atoms with Gasteiger partial charge < -0.3 is 9.47 Å². The summed E-state index contributed by atoms with van der Waals surface area (Å²) in [4.78, 5) is 11.7. The second-order valence-electron chi connectivity index (χ2n) is 5.67. The number of aryl methyl sites for hydroxylation is 1. The third-order valence-electron chi connectivity index (χ3n) is 3.44. The molecule has 2 aromatic rings. The zero-order valence-corrected chi connectivity index (χ0v) is 14.7. The molecular formula is C20H24N2O3. The molecule has 132 valence electrons. The molecule has 1 amide bonds. The van der Waals surface area contributed by atoms with Crippen LogP contribution in [0.3, 0.4) is 0 Å². The fraction of sp³-hybridized carbons (Fsp3) is 0.300. The van der Waals surface area contributed by atoms with Crippen molar-refractivity contribution in [2.45, 2.75) is 26.7 Å². The Morgan fingerprint density at radius 2 is 1.68 bits per heavy atom. The number of unbranched alkanes of at least 4 members (excludes halogenated alkanes) is 1. The molecule has 0 saturated carbocycles. The molecule has 0 aromatic heterocycles. The fourth-order valence-electron chi connectivity index (χ4n) is 1.98. The van der Waals surface area contributed by atoms with Gasteiger partial charge in [-0.1, -0.05) is 31.0 Å². The Morgan fingerprint density at radius 1 is 1.04 bits per heavy atom. The van der Waals surface area contributed by atoms with Gasteiger partial charge in [-0.3, -0.25) is 4.79 Å². The molecular weight excluding hydrogens is 316 g/mol. The molecule has 0 radical (unpaired) electrons. The molecule has 0 atom stereocenters. The maximum atomic E-state index is 11.7. The molecule has 0 unspecified atom stereocenters. The Hall–Kier alpha value is -2.82. The van der Waals surface area contributed by atoms with E-state index >= 15 is 0 Å². The van der Waals surface area contributed by atoms with Crippen molar-refractivity contribution < 1.29 is 14.3 Å². The second-order valence-corrected chi connectivity index (χ2v) is 5.67. The quantitative estimate of drug-likeness (QED) is 0.430. The van der Waals surface area contributed by atoms with E-state index in [0.29, 0.717) is 5.75 Å². The normalized spacial score (nSPS) is 10.6. The molecule has 1 N–H and O–H groups in total. The number of amides is 1. The zero-order chi connectivity index (χ0) is 17.9. The summed E-state index contributed by atoms with van der Waals surface area (Å²) in [6.45, 7) is 4.77. The maximum Gasteiger partial charge on any atom is 0.277 e. The molecule has 0 saturated heterocycles. The van der Waals surface area contributed by atoms with Crippen molar-refractivity contribution in [1.29, 1.82) is 0 Å². The van der Waals surface area contributed by atoms with Crippen LogP contribution >= 0.6 is 0 Å². The summed E-state index contributed by atoms with van der Waals surface area (Å²) in [6, 6.07) is 15.1. The number of ether oxygens (including phenoxy) is 2. The first-order valence-corrected chi connectivity index (χ1v) is 8.41. The van der Waals surface area contributed by atoms with Crippen molar-refractivity contribution in [3.05, 3.63) is 59.7 Å². The first-order chi connectivity index (χ1) is 12.2. The molecule has 0 heterocycles. The lowest BCUT2D eigenvalue weighted by atomic mass is 10.2. The van der Waals surface area contributed by atoms with E-state index in [1.165, 1.54) is 0 Å². The summed E-state index contributed by atoms with van der Waals surface area (Å²) < 4.78 is 11.0. The third-order valence-corrected chi connectivity index (χ3v) is 3.44. The molecule has 0 aliphatic heterocycles. The Morgan fingerprint density at radius 3 is 2.36 bits per heavy atom. The van der Waals surface area contributed by atoms with Crippen LogP contribution in [-0.2, 0) is 4.79 Å². The van der Waals surface area contributed by atoms with E-state index in [2.05, 4.69) is 17.5 Å². The number of rotatable bonds is 9. The number of hydrogen-bond donors (Lipinski definition) is 1. The maximum absolute atomic E-state index is 11.7. The SMILES string of the molecule is CCCCOc1ccc(C=NNC(=O)COc2ccc(C)cc2)cc1. The Bertz CT molecular complexity index is 679. The topological polar surface area (TPSA) is 59.9 Å². The highest BCUT2D eigenvalue weighted by Gasteiger charge is 2.01. The second kappa shape index (κ2) is 10.1. The molecule has 0 aliphatic rings. The van der Waals surface area contributed by atoms with Crippen LogP contribution in [0.1, 0.15) is 30.9 Å². The van der Waals surface area contributed by atoms with Gasteiger partial charge in [0.15, 0.2) is 6.61 Å². The van der Waals surface area contributed by atoms with Crippen LogP contribution < -0.4 is 14.9 Å². The number of carbonyl (C=O) groups is 1. The lowest BCUT2D eigenvalue weighted by molar-refractivity contribution is -0.123. The first kappa shape index (κ1) is 18.5. The Kier molecular flexibility index (Phi) is 7.50. The van der Waals surface area contributed by atoms with Gasteiger partial charge in [-0.05, 0) is 55.3 Å². The summed E-state index contributed by atoms with van der Waals surface area (Å²) in [7, 11) is 0. The number of nitrogens with zero attached hydrogens (tertiary/aromatic N) is 1. The Labute approximate surface area is 148 Å². The highest BCUT2D eigenvalue weighted by atomic mass is 16.5. The molecule has 0 fully saturated rings. The average molecular weight is 340 g/mol. The van der Waals surface area contributed by atoms with Crippen molar-refractivity contribution in [3.8, 4) is 11.5 Å². The van der Waals surface area contributed by atoms with E-state index < -0.39 is 0 Å². The van der Waals surface area contributed by atoms with E-state index in [1.807, 2.05) is 55.5 Å². The van der Waals surface area contributed by atoms with Gasteiger partial charge in [0.05, 0.1) is 12.8 Å². The van der Waals surface area contributed by atoms with Gasteiger partial charge in [0.25, 0.3) is 5.91 Å². The lowest BCUT2D eigenvalue weighted by Crippen LogP contribution is -2.24. The largest absolute Gasteiger partial charge is 0.494 e.